The molecule has 5 heteroatoms. The van der Waals surface area contributed by atoms with Crippen LogP contribution in [0.1, 0.15) is 36.7 Å². The first-order valence-corrected chi connectivity index (χ1v) is 8.22. The molecule has 1 aromatic heterocycles. The second-order valence-corrected chi connectivity index (χ2v) is 6.43. The van der Waals surface area contributed by atoms with Crippen LogP contribution in [0.15, 0.2) is 47.0 Å². The van der Waals surface area contributed by atoms with E-state index in [1.54, 1.807) is 6.07 Å². The van der Waals surface area contributed by atoms with E-state index in [-0.39, 0.29) is 6.61 Å². The van der Waals surface area contributed by atoms with E-state index in [0.29, 0.717) is 22.7 Å². The molecule has 24 heavy (non-hydrogen) atoms. The van der Waals surface area contributed by atoms with Gasteiger partial charge in [-0.3, -0.25) is 0 Å². The Balaban J connectivity index is 1.73. The number of rotatable bonds is 5. The Morgan fingerprint density at radius 2 is 1.96 bits per heavy atom. The molecule has 0 saturated carbocycles. The second kappa shape index (κ2) is 7.05. The molecule has 0 aliphatic rings. The first kappa shape index (κ1) is 16.5. The smallest absolute Gasteiger partial charge is 0.259 e. The lowest BCUT2D eigenvalue weighted by atomic mass is 10.0. The molecule has 0 fully saturated rings. The van der Waals surface area contributed by atoms with Gasteiger partial charge in [-0.1, -0.05) is 48.8 Å². The summed E-state index contributed by atoms with van der Waals surface area (Å²) in [7, 11) is 0. The highest BCUT2D eigenvalue weighted by atomic mass is 35.5. The molecule has 0 bridgehead atoms. The Bertz CT molecular complexity index is 843. The third-order valence-electron chi connectivity index (χ3n) is 3.68. The maximum atomic E-state index is 6.15. The first-order chi connectivity index (χ1) is 11.5. The number of nitrogens with zero attached hydrogens (tertiary/aromatic N) is 2. The number of aryl methyl sites for hydroxylation is 1. The summed E-state index contributed by atoms with van der Waals surface area (Å²) in [5.74, 6) is 2.14. The Morgan fingerprint density at radius 3 is 2.71 bits per heavy atom. The van der Waals surface area contributed by atoms with E-state index in [0.717, 1.165) is 11.3 Å². The van der Waals surface area contributed by atoms with E-state index in [1.165, 1.54) is 11.1 Å². The molecule has 3 rings (SSSR count). The zero-order valence-electron chi connectivity index (χ0n) is 13.9. The predicted octanol–water partition coefficient (Wildman–Crippen LogP) is 5.40. The molecule has 0 spiro atoms. The minimum Gasteiger partial charge on any atom is -0.485 e. The van der Waals surface area contributed by atoms with Crippen molar-refractivity contribution < 1.29 is 9.26 Å². The van der Waals surface area contributed by atoms with Crippen LogP contribution < -0.4 is 4.74 Å². The normalized spacial score (nSPS) is 11.0. The lowest BCUT2D eigenvalue weighted by molar-refractivity contribution is 0.286. The monoisotopic (exact) mass is 342 g/mol. The highest BCUT2D eigenvalue weighted by Crippen LogP contribution is 2.26. The van der Waals surface area contributed by atoms with Crippen LogP contribution in [0, 0.1) is 6.92 Å². The largest absolute Gasteiger partial charge is 0.485 e. The van der Waals surface area contributed by atoms with E-state index in [4.69, 9.17) is 20.9 Å². The lowest BCUT2D eigenvalue weighted by Crippen LogP contribution is -1.99. The summed E-state index contributed by atoms with van der Waals surface area (Å²) in [6.07, 6.45) is 0. The fraction of sp³-hybridized carbons (Fsp3) is 0.263. The van der Waals surface area contributed by atoms with Crippen LogP contribution in [-0.4, -0.2) is 10.1 Å². The summed E-state index contributed by atoms with van der Waals surface area (Å²) < 4.78 is 11.1. The number of aromatic nitrogens is 2. The number of halogens is 1. The highest BCUT2D eigenvalue weighted by Gasteiger charge is 2.12. The fourth-order valence-corrected chi connectivity index (χ4v) is 2.61. The summed E-state index contributed by atoms with van der Waals surface area (Å²) in [5, 5.41) is 4.54. The zero-order valence-corrected chi connectivity index (χ0v) is 14.7. The van der Waals surface area contributed by atoms with Crippen LogP contribution in [0.2, 0.25) is 5.02 Å². The number of hydrogen-bond donors (Lipinski definition) is 0. The predicted molar refractivity (Wildman–Crippen MR) is 94.3 cm³/mol. The topological polar surface area (TPSA) is 48.2 Å². The van der Waals surface area contributed by atoms with E-state index in [9.17, 15) is 0 Å². The van der Waals surface area contributed by atoms with Crippen LogP contribution in [-0.2, 0) is 6.61 Å². The van der Waals surface area contributed by atoms with Gasteiger partial charge < -0.3 is 9.26 Å². The molecule has 0 unspecified atom stereocenters. The fourth-order valence-electron chi connectivity index (χ4n) is 2.40. The molecule has 0 radical (unpaired) electrons. The quantitative estimate of drug-likeness (QED) is 0.622. The van der Waals surface area contributed by atoms with Crippen molar-refractivity contribution in [3.8, 4) is 17.2 Å². The lowest BCUT2D eigenvalue weighted by Gasteiger charge is -2.10. The van der Waals surface area contributed by atoms with E-state index >= 15 is 0 Å². The van der Waals surface area contributed by atoms with Gasteiger partial charge in [-0.2, -0.15) is 4.98 Å². The molecule has 3 aromatic rings. The van der Waals surface area contributed by atoms with Gasteiger partial charge in [0, 0.05) is 0 Å². The van der Waals surface area contributed by atoms with Crippen molar-refractivity contribution >= 4 is 11.6 Å². The van der Waals surface area contributed by atoms with Gasteiger partial charge in [0.05, 0.1) is 10.6 Å². The maximum Gasteiger partial charge on any atom is 0.259 e. The molecule has 0 saturated heterocycles. The van der Waals surface area contributed by atoms with Gasteiger partial charge in [-0.15, -0.1) is 0 Å². The van der Waals surface area contributed by atoms with Crippen LogP contribution in [0.5, 0.6) is 5.75 Å². The van der Waals surface area contributed by atoms with Crippen molar-refractivity contribution in [3.05, 3.63) is 64.4 Å². The van der Waals surface area contributed by atoms with Crippen LogP contribution in [0.25, 0.3) is 11.5 Å². The van der Waals surface area contributed by atoms with Gasteiger partial charge in [0.15, 0.2) is 6.61 Å². The molecular weight excluding hydrogens is 324 g/mol. The van der Waals surface area contributed by atoms with E-state index in [2.05, 4.69) is 37.0 Å². The van der Waals surface area contributed by atoms with Gasteiger partial charge in [-0.05, 0) is 48.2 Å². The van der Waals surface area contributed by atoms with E-state index < -0.39 is 0 Å². The average molecular weight is 343 g/mol. The molecule has 124 valence electrons. The summed E-state index contributed by atoms with van der Waals surface area (Å²) >= 11 is 6.15. The molecular formula is C19H19ClN2O2. The third-order valence-corrected chi connectivity index (χ3v) is 4.01. The van der Waals surface area contributed by atoms with E-state index in [1.807, 2.05) is 30.3 Å². The van der Waals surface area contributed by atoms with Crippen molar-refractivity contribution in [2.24, 2.45) is 0 Å². The summed E-state index contributed by atoms with van der Waals surface area (Å²) in [6, 6.07) is 13.6. The van der Waals surface area contributed by atoms with Crippen molar-refractivity contribution in [1.29, 1.82) is 0 Å². The highest BCUT2D eigenvalue weighted by molar-refractivity contribution is 6.33. The van der Waals surface area contributed by atoms with Gasteiger partial charge >= 0.3 is 0 Å². The number of hydrogen-bond acceptors (Lipinski definition) is 4. The standard InChI is InChI=1S/C19H19ClN2O2/c1-12(2)14-8-13(3)9-15(10-14)23-11-18-21-19(24-22-18)16-6-4-5-7-17(16)20/h4-10,12H,11H2,1-3H3. The number of benzene rings is 2. The van der Waals surface area contributed by atoms with Crippen molar-refractivity contribution in [2.45, 2.75) is 33.3 Å². The average Bonchev–Trinajstić information content (AvgIpc) is 3.01. The SMILES string of the molecule is Cc1cc(OCc2noc(-c3ccccc3Cl)n2)cc(C(C)C)c1. The molecule has 2 aromatic carbocycles. The number of ether oxygens (including phenoxy) is 1. The summed E-state index contributed by atoms with van der Waals surface area (Å²) in [6.45, 7) is 6.62. The minimum atomic E-state index is 0.245. The van der Waals surface area contributed by atoms with Gasteiger partial charge in [0.1, 0.15) is 5.75 Å². The van der Waals surface area contributed by atoms with Gasteiger partial charge in [0.2, 0.25) is 5.82 Å². The Kier molecular flexibility index (Phi) is 4.86. The zero-order chi connectivity index (χ0) is 17.1. The van der Waals surface area contributed by atoms with Crippen LogP contribution in [0.3, 0.4) is 0 Å². The molecule has 0 aliphatic carbocycles. The van der Waals surface area contributed by atoms with Crippen LogP contribution >= 0.6 is 11.6 Å². The van der Waals surface area contributed by atoms with Gasteiger partial charge in [0.25, 0.3) is 5.89 Å². The second-order valence-electron chi connectivity index (χ2n) is 6.02. The molecule has 0 N–H and O–H groups in total. The third kappa shape index (κ3) is 3.77. The van der Waals surface area contributed by atoms with Gasteiger partial charge in [-0.25, -0.2) is 0 Å². The van der Waals surface area contributed by atoms with Crippen molar-refractivity contribution in [3.63, 3.8) is 0 Å². The molecule has 1 heterocycles. The molecule has 4 nitrogen and oxygen atoms in total. The van der Waals surface area contributed by atoms with Crippen molar-refractivity contribution in [2.75, 3.05) is 0 Å². The maximum absolute atomic E-state index is 6.15. The molecule has 0 atom stereocenters. The Hall–Kier alpha value is -2.33. The molecule has 0 aliphatic heterocycles. The first-order valence-electron chi connectivity index (χ1n) is 7.85. The summed E-state index contributed by atoms with van der Waals surface area (Å²) in [4.78, 5) is 4.35. The van der Waals surface area contributed by atoms with Crippen LogP contribution in [0.4, 0.5) is 0 Å². The summed E-state index contributed by atoms with van der Waals surface area (Å²) in [5.41, 5.74) is 3.13. The Morgan fingerprint density at radius 1 is 1.17 bits per heavy atom. The minimum absolute atomic E-state index is 0.245. The molecule has 0 amide bonds. The van der Waals surface area contributed by atoms with Crippen molar-refractivity contribution in [1.82, 2.24) is 10.1 Å². The Labute approximate surface area is 146 Å².